The summed E-state index contributed by atoms with van der Waals surface area (Å²) < 4.78 is 5.24. The Bertz CT molecular complexity index is 586. The lowest BCUT2D eigenvalue weighted by Crippen LogP contribution is -2.37. The van der Waals surface area contributed by atoms with Crippen LogP contribution in [0.15, 0.2) is 24.3 Å². The molecule has 1 saturated heterocycles. The highest BCUT2D eigenvalue weighted by molar-refractivity contribution is 7.80. The molecule has 2 rings (SSSR count). The Morgan fingerprint density at radius 3 is 2.64 bits per heavy atom. The predicted octanol–water partition coefficient (Wildman–Crippen LogP) is 1.68. The Balaban J connectivity index is 2.04. The maximum Gasteiger partial charge on any atom is 0.414 e. The fraction of sp³-hybridized carbons (Fsp3) is 0.400. The topological polar surface area (TPSA) is 84.7 Å². The molecule has 0 bridgehead atoms. The van der Waals surface area contributed by atoms with Crippen LogP contribution in [0.3, 0.4) is 0 Å². The second kappa shape index (κ2) is 6.74. The van der Waals surface area contributed by atoms with E-state index in [0.717, 1.165) is 0 Å². The standard InChI is InChI=1S/C15H19N3O3S/c1-9(2)13(19)10-3-5-11(6-4-10)18-8-12(21-15(18)20)7-17-14(16)22/h3-6,9,12H,7-8H2,1-2H3,(H3,16,17,22)/t12-/m0/s1. The molecule has 1 aliphatic heterocycles. The molecule has 118 valence electrons. The van der Waals surface area contributed by atoms with Gasteiger partial charge in [-0.25, -0.2) is 4.79 Å². The van der Waals surface area contributed by atoms with E-state index in [1.54, 1.807) is 24.3 Å². The second-order valence-corrected chi connectivity index (χ2v) is 5.87. The molecular formula is C15H19N3O3S. The molecule has 0 aliphatic carbocycles. The van der Waals surface area contributed by atoms with Gasteiger partial charge in [-0.2, -0.15) is 0 Å². The number of hydrogen-bond acceptors (Lipinski definition) is 4. The van der Waals surface area contributed by atoms with Crippen LogP contribution in [0, 0.1) is 5.92 Å². The molecule has 0 aromatic heterocycles. The normalized spacial score (nSPS) is 17.5. The van der Waals surface area contributed by atoms with Crippen LogP contribution in [0.2, 0.25) is 0 Å². The maximum absolute atomic E-state index is 11.9. The molecule has 22 heavy (non-hydrogen) atoms. The largest absolute Gasteiger partial charge is 0.442 e. The van der Waals surface area contributed by atoms with Crippen LogP contribution >= 0.6 is 12.2 Å². The Labute approximate surface area is 134 Å². The van der Waals surface area contributed by atoms with Crippen LogP contribution in [0.25, 0.3) is 0 Å². The molecule has 0 saturated carbocycles. The van der Waals surface area contributed by atoms with Crippen LogP contribution in [-0.4, -0.2) is 36.2 Å². The summed E-state index contributed by atoms with van der Waals surface area (Å²) >= 11 is 4.72. The van der Waals surface area contributed by atoms with Crippen molar-refractivity contribution < 1.29 is 14.3 Å². The van der Waals surface area contributed by atoms with Crippen molar-refractivity contribution in [3.63, 3.8) is 0 Å². The van der Waals surface area contributed by atoms with Gasteiger partial charge in [0.15, 0.2) is 10.9 Å². The Hall–Kier alpha value is -2.15. The molecule has 1 amide bonds. The molecule has 1 aromatic rings. The number of ketones is 1. The first kappa shape index (κ1) is 16.2. The van der Waals surface area contributed by atoms with Crippen molar-refractivity contribution in [2.45, 2.75) is 20.0 Å². The molecule has 0 spiro atoms. The smallest absolute Gasteiger partial charge is 0.414 e. The van der Waals surface area contributed by atoms with Crippen LogP contribution in [0.4, 0.5) is 10.5 Å². The minimum atomic E-state index is -0.419. The predicted molar refractivity (Wildman–Crippen MR) is 88.0 cm³/mol. The second-order valence-electron chi connectivity index (χ2n) is 5.43. The Morgan fingerprint density at radius 2 is 2.09 bits per heavy atom. The average molecular weight is 321 g/mol. The summed E-state index contributed by atoms with van der Waals surface area (Å²) in [5.74, 6) is 0.0206. The number of amides is 1. The zero-order chi connectivity index (χ0) is 16.3. The molecule has 7 heteroatoms. The van der Waals surface area contributed by atoms with E-state index in [-0.39, 0.29) is 22.9 Å². The number of Topliss-reactive ketones (excluding diaryl/α,β-unsaturated/α-hetero) is 1. The first-order chi connectivity index (χ1) is 10.4. The van der Waals surface area contributed by atoms with Crippen LogP contribution in [0.5, 0.6) is 0 Å². The summed E-state index contributed by atoms with van der Waals surface area (Å²) in [4.78, 5) is 25.3. The van der Waals surface area contributed by atoms with Crippen molar-refractivity contribution in [3.8, 4) is 0 Å². The van der Waals surface area contributed by atoms with E-state index in [0.29, 0.717) is 24.3 Å². The Morgan fingerprint density at radius 1 is 1.45 bits per heavy atom. The number of hydrogen-bond donors (Lipinski definition) is 2. The van der Waals surface area contributed by atoms with E-state index in [4.69, 9.17) is 22.7 Å². The summed E-state index contributed by atoms with van der Waals surface area (Å²) in [6, 6.07) is 6.96. The minimum Gasteiger partial charge on any atom is -0.442 e. The number of thiocarbonyl (C=S) groups is 1. The van der Waals surface area contributed by atoms with E-state index in [1.807, 2.05) is 13.8 Å². The first-order valence-electron chi connectivity index (χ1n) is 7.04. The first-order valence-corrected chi connectivity index (χ1v) is 7.45. The number of cyclic esters (lactones) is 1. The third kappa shape index (κ3) is 3.73. The summed E-state index contributed by atoms with van der Waals surface area (Å²) in [6.07, 6.45) is -0.733. The number of carbonyl (C=O) groups is 2. The van der Waals surface area contributed by atoms with Crippen molar-refractivity contribution in [2.24, 2.45) is 11.7 Å². The SMILES string of the molecule is CC(C)C(=O)c1ccc(N2C[C@H](CNC(N)=S)OC2=O)cc1. The molecular weight excluding hydrogens is 302 g/mol. The van der Waals surface area contributed by atoms with Gasteiger partial charge in [-0.15, -0.1) is 0 Å². The van der Waals surface area contributed by atoms with Gasteiger partial charge < -0.3 is 15.8 Å². The summed E-state index contributed by atoms with van der Waals surface area (Å²) in [6.45, 7) is 4.49. The lowest BCUT2D eigenvalue weighted by atomic mass is 10.0. The van der Waals surface area contributed by atoms with Gasteiger partial charge in [-0.1, -0.05) is 13.8 Å². The van der Waals surface area contributed by atoms with Crippen molar-refractivity contribution in [2.75, 3.05) is 18.0 Å². The lowest BCUT2D eigenvalue weighted by Gasteiger charge is -2.14. The van der Waals surface area contributed by atoms with Gasteiger partial charge in [0.05, 0.1) is 13.1 Å². The van der Waals surface area contributed by atoms with E-state index in [9.17, 15) is 9.59 Å². The van der Waals surface area contributed by atoms with Gasteiger partial charge in [0, 0.05) is 17.2 Å². The zero-order valence-corrected chi connectivity index (χ0v) is 13.4. The van der Waals surface area contributed by atoms with E-state index >= 15 is 0 Å². The molecule has 1 aliphatic rings. The minimum absolute atomic E-state index is 0.0573. The van der Waals surface area contributed by atoms with E-state index in [1.165, 1.54) is 4.90 Å². The number of carbonyl (C=O) groups excluding carboxylic acids is 2. The van der Waals surface area contributed by atoms with Gasteiger partial charge in [-0.05, 0) is 36.5 Å². The van der Waals surface area contributed by atoms with Crippen LogP contribution < -0.4 is 16.0 Å². The third-order valence-electron chi connectivity index (χ3n) is 3.37. The molecule has 0 radical (unpaired) electrons. The number of nitrogens with zero attached hydrogens (tertiary/aromatic N) is 1. The number of nitrogens with one attached hydrogen (secondary N) is 1. The molecule has 1 fully saturated rings. The van der Waals surface area contributed by atoms with E-state index in [2.05, 4.69) is 5.32 Å². The summed E-state index contributed by atoms with van der Waals surface area (Å²) in [7, 11) is 0. The molecule has 6 nitrogen and oxygen atoms in total. The number of nitrogens with two attached hydrogens (primary N) is 1. The monoisotopic (exact) mass is 321 g/mol. The molecule has 1 atom stereocenters. The van der Waals surface area contributed by atoms with Gasteiger partial charge in [-0.3, -0.25) is 9.69 Å². The summed E-state index contributed by atoms with van der Waals surface area (Å²) in [5.41, 5.74) is 6.69. The van der Waals surface area contributed by atoms with Crippen molar-refractivity contribution in [1.82, 2.24) is 5.32 Å². The number of rotatable bonds is 5. The molecule has 0 unspecified atom stereocenters. The van der Waals surface area contributed by atoms with Gasteiger partial charge in [0.1, 0.15) is 6.10 Å². The van der Waals surface area contributed by atoms with Gasteiger partial charge in [0.2, 0.25) is 0 Å². The van der Waals surface area contributed by atoms with E-state index < -0.39 is 6.09 Å². The van der Waals surface area contributed by atoms with Gasteiger partial charge in [0.25, 0.3) is 0 Å². The highest BCUT2D eigenvalue weighted by Crippen LogP contribution is 2.22. The molecule has 1 heterocycles. The zero-order valence-electron chi connectivity index (χ0n) is 12.5. The van der Waals surface area contributed by atoms with Crippen LogP contribution in [0.1, 0.15) is 24.2 Å². The van der Waals surface area contributed by atoms with Crippen molar-refractivity contribution in [1.29, 1.82) is 0 Å². The fourth-order valence-corrected chi connectivity index (χ4v) is 2.28. The molecule has 3 N–H and O–H groups in total. The highest BCUT2D eigenvalue weighted by atomic mass is 32.1. The average Bonchev–Trinajstić information content (AvgIpc) is 2.85. The van der Waals surface area contributed by atoms with Crippen LogP contribution in [-0.2, 0) is 4.74 Å². The number of benzene rings is 1. The van der Waals surface area contributed by atoms with Crippen molar-refractivity contribution in [3.05, 3.63) is 29.8 Å². The van der Waals surface area contributed by atoms with Gasteiger partial charge >= 0.3 is 6.09 Å². The van der Waals surface area contributed by atoms with Crippen molar-refractivity contribution >= 4 is 34.9 Å². The third-order valence-corrected chi connectivity index (χ3v) is 3.51. The summed E-state index contributed by atoms with van der Waals surface area (Å²) in [5, 5.41) is 2.95. The Kier molecular flexibility index (Phi) is 4.97. The number of ether oxygens (including phenoxy) is 1. The fourth-order valence-electron chi connectivity index (χ4n) is 2.19. The number of anilines is 1. The molecule has 1 aromatic carbocycles. The lowest BCUT2D eigenvalue weighted by molar-refractivity contribution is 0.0939. The maximum atomic E-state index is 11.9. The highest BCUT2D eigenvalue weighted by Gasteiger charge is 2.32. The quantitative estimate of drug-likeness (QED) is 0.634.